The van der Waals surface area contributed by atoms with Crippen LogP contribution in [0.15, 0.2) is 12.1 Å². The van der Waals surface area contributed by atoms with Crippen LogP contribution in [0.3, 0.4) is 0 Å². The first-order chi connectivity index (χ1) is 8.53. The van der Waals surface area contributed by atoms with Gasteiger partial charge in [-0.15, -0.1) is 0 Å². The van der Waals surface area contributed by atoms with Crippen LogP contribution >= 0.6 is 0 Å². The van der Waals surface area contributed by atoms with Gasteiger partial charge in [0.05, 0.1) is 14.2 Å². The van der Waals surface area contributed by atoms with Crippen molar-refractivity contribution in [2.75, 3.05) is 14.2 Å². The second kappa shape index (κ2) is 6.28. The Kier molecular flexibility index (Phi) is 5.01. The van der Waals surface area contributed by atoms with Crippen LogP contribution in [0.1, 0.15) is 36.2 Å². The summed E-state index contributed by atoms with van der Waals surface area (Å²) in [5.41, 5.74) is 1.49. The number of hydrogen-bond acceptors (Lipinski definition) is 3. The summed E-state index contributed by atoms with van der Waals surface area (Å²) in [7, 11) is 3.14. The number of hydrogen-bond donors (Lipinski definition) is 1. The second-order valence-corrected chi connectivity index (χ2v) is 4.30. The molecule has 1 rings (SSSR count). The zero-order valence-corrected chi connectivity index (χ0v) is 11.7. The maximum absolute atomic E-state index is 12.1. The van der Waals surface area contributed by atoms with Crippen LogP contribution in [0.25, 0.3) is 0 Å². The average Bonchev–Trinajstić information content (AvgIpc) is 2.37. The van der Waals surface area contributed by atoms with Crippen molar-refractivity contribution in [3.63, 3.8) is 0 Å². The van der Waals surface area contributed by atoms with Crippen LogP contribution in [-0.2, 0) is 0 Å². The van der Waals surface area contributed by atoms with Gasteiger partial charge < -0.3 is 14.8 Å². The number of nitrogens with one attached hydrogen (secondary N) is 1. The largest absolute Gasteiger partial charge is 0.493 e. The maximum atomic E-state index is 12.1. The smallest absolute Gasteiger partial charge is 0.251 e. The van der Waals surface area contributed by atoms with Crippen molar-refractivity contribution in [1.82, 2.24) is 5.32 Å². The van der Waals surface area contributed by atoms with Crippen molar-refractivity contribution >= 4 is 5.91 Å². The standard InChI is InChI=1S/C14H21NO3/c1-6-10(3)15-14(16)11-8-13(18-5)12(17-4)7-9(11)2/h7-8,10H,6H2,1-5H3,(H,15,16). The van der Waals surface area contributed by atoms with Gasteiger partial charge in [0.25, 0.3) is 5.91 Å². The van der Waals surface area contributed by atoms with E-state index in [0.29, 0.717) is 17.1 Å². The molecule has 0 aliphatic rings. The Morgan fingerprint density at radius 2 is 1.83 bits per heavy atom. The summed E-state index contributed by atoms with van der Waals surface area (Å²) >= 11 is 0. The summed E-state index contributed by atoms with van der Waals surface area (Å²) in [5.74, 6) is 1.12. The maximum Gasteiger partial charge on any atom is 0.251 e. The minimum absolute atomic E-state index is 0.0807. The lowest BCUT2D eigenvalue weighted by atomic mass is 10.1. The Labute approximate surface area is 108 Å². The summed E-state index contributed by atoms with van der Waals surface area (Å²) in [6.07, 6.45) is 0.901. The van der Waals surface area contributed by atoms with Gasteiger partial charge in [0.1, 0.15) is 0 Å². The van der Waals surface area contributed by atoms with Gasteiger partial charge in [-0.05, 0) is 38.0 Å². The fourth-order valence-electron chi connectivity index (χ4n) is 1.63. The number of rotatable bonds is 5. The highest BCUT2D eigenvalue weighted by atomic mass is 16.5. The van der Waals surface area contributed by atoms with Crippen molar-refractivity contribution < 1.29 is 14.3 Å². The van der Waals surface area contributed by atoms with Gasteiger partial charge in [-0.1, -0.05) is 6.92 Å². The van der Waals surface area contributed by atoms with E-state index < -0.39 is 0 Å². The lowest BCUT2D eigenvalue weighted by molar-refractivity contribution is 0.0938. The molecule has 0 saturated heterocycles. The number of benzene rings is 1. The molecular weight excluding hydrogens is 230 g/mol. The summed E-state index contributed by atoms with van der Waals surface area (Å²) in [4.78, 5) is 12.1. The summed E-state index contributed by atoms with van der Waals surface area (Å²) in [6.45, 7) is 5.90. The molecule has 100 valence electrons. The number of amides is 1. The van der Waals surface area contributed by atoms with Gasteiger partial charge in [0.15, 0.2) is 11.5 Å². The normalized spacial score (nSPS) is 11.8. The van der Waals surface area contributed by atoms with Crippen LogP contribution in [0.4, 0.5) is 0 Å². The Morgan fingerprint density at radius 3 is 2.33 bits per heavy atom. The van der Waals surface area contributed by atoms with Gasteiger partial charge >= 0.3 is 0 Å². The molecule has 0 fully saturated rings. The molecule has 1 atom stereocenters. The fraction of sp³-hybridized carbons (Fsp3) is 0.500. The zero-order valence-electron chi connectivity index (χ0n) is 11.7. The van der Waals surface area contributed by atoms with Gasteiger partial charge in [0, 0.05) is 11.6 Å². The van der Waals surface area contributed by atoms with Gasteiger partial charge in [-0.2, -0.15) is 0 Å². The molecule has 1 amide bonds. The van der Waals surface area contributed by atoms with E-state index in [1.165, 1.54) is 0 Å². The van der Waals surface area contributed by atoms with Crippen LogP contribution in [0.5, 0.6) is 11.5 Å². The van der Waals surface area contributed by atoms with Gasteiger partial charge in [-0.25, -0.2) is 0 Å². The molecule has 0 radical (unpaired) electrons. The number of methoxy groups -OCH3 is 2. The molecule has 0 saturated carbocycles. The molecule has 0 bridgehead atoms. The Bertz CT molecular complexity index is 429. The van der Waals surface area contributed by atoms with E-state index in [9.17, 15) is 4.79 Å². The highest BCUT2D eigenvalue weighted by Crippen LogP contribution is 2.30. The lowest BCUT2D eigenvalue weighted by Gasteiger charge is -2.15. The fourth-order valence-corrected chi connectivity index (χ4v) is 1.63. The minimum atomic E-state index is -0.0807. The van der Waals surface area contributed by atoms with E-state index in [1.54, 1.807) is 20.3 Å². The van der Waals surface area contributed by atoms with Crippen molar-refractivity contribution in [2.45, 2.75) is 33.2 Å². The number of carbonyl (C=O) groups excluding carboxylic acids is 1. The van der Waals surface area contributed by atoms with Crippen molar-refractivity contribution in [1.29, 1.82) is 0 Å². The Hall–Kier alpha value is -1.71. The third-order valence-electron chi connectivity index (χ3n) is 2.97. The quantitative estimate of drug-likeness (QED) is 0.874. The predicted octanol–water partition coefficient (Wildman–Crippen LogP) is 2.54. The van der Waals surface area contributed by atoms with Crippen molar-refractivity contribution in [2.24, 2.45) is 0 Å². The second-order valence-electron chi connectivity index (χ2n) is 4.30. The molecule has 1 aromatic carbocycles. The van der Waals surface area contributed by atoms with E-state index in [-0.39, 0.29) is 11.9 Å². The van der Waals surface area contributed by atoms with Gasteiger partial charge in [0.2, 0.25) is 0 Å². The van der Waals surface area contributed by atoms with E-state index in [2.05, 4.69) is 5.32 Å². The third kappa shape index (κ3) is 3.15. The topological polar surface area (TPSA) is 47.6 Å². The minimum Gasteiger partial charge on any atom is -0.493 e. The molecule has 4 nitrogen and oxygen atoms in total. The first-order valence-corrected chi connectivity index (χ1v) is 6.06. The number of ether oxygens (including phenoxy) is 2. The monoisotopic (exact) mass is 251 g/mol. The van der Waals surface area contributed by atoms with E-state index in [0.717, 1.165) is 12.0 Å². The predicted molar refractivity (Wildman–Crippen MR) is 71.5 cm³/mol. The summed E-state index contributed by atoms with van der Waals surface area (Å²) in [6, 6.07) is 3.68. The van der Waals surface area contributed by atoms with Crippen molar-refractivity contribution in [3.05, 3.63) is 23.3 Å². The average molecular weight is 251 g/mol. The molecule has 0 aromatic heterocycles. The van der Waals surface area contributed by atoms with Crippen LogP contribution < -0.4 is 14.8 Å². The molecule has 0 aliphatic carbocycles. The molecule has 1 N–H and O–H groups in total. The first-order valence-electron chi connectivity index (χ1n) is 6.06. The zero-order chi connectivity index (χ0) is 13.7. The Morgan fingerprint density at radius 1 is 1.28 bits per heavy atom. The molecule has 1 aromatic rings. The lowest BCUT2D eigenvalue weighted by Crippen LogP contribution is -2.32. The highest BCUT2D eigenvalue weighted by Gasteiger charge is 2.15. The number of aryl methyl sites for hydroxylation is 1. The van der Waals surface area contributed by atoms with Crippen LogP contribution in [0, 0.1) is 6.92 Å². The van der Waals surface area contributed by atoms with E-state index in [1.807, 2.05) is 26.8 Å². The highest BCUT2D eigenvalue weighted by molar-refractivity contribution is 5.96. The third-order valence-corrected chi connectivity index (χ3v) is 2.97. The molecule has 0 aliphatic heterocycles. The SMILES string of the molecule is CCC(C)NC(=O)c1cc(OC)c(OC)cc1C. The molecule has 18 heavy (non-hydrogen) atoms. The molecular formula is C14H21NO3. The van der Waals surface area contributed by atoms with E-state index >= 15 is 0 Å². The summed E-state index contributed by atoms with van der Waals surface area (Å²) in [5, 5.41) is 2.94. The molecule has 0 spiro atoms. The Balaban J connectivity index is 3.05. The molecule has 0 heterocycles. The van der Waals surface area contributed by atoms with Crippen LogP contribution in [-0.4, -0.2) is 26.2 Å². The van der Waals surface area contributed by atoms with E-state index in [4.69, 9.17) is 9.47 Å². The van der Waals surface area contributed by atoms with Gasteiger partial charge in [-0.3, -0.25) is 4.79 Å². The first kappa shape index (κ1) is 14.4. The summed E-state index contributed by atoms with van der Waals surface area (Å²) < 4.78 is 10.4. The number of carbonyl (C=O) groups is 1. The van der Waals surface area contributed by atoms with Crippen LogP contribution in [0.2, 0.25) is 0 Å². The molecule has 4 heteroatoms. The van der Waals surface area contributed by atoms with Crippen molar-refractivity contribution in [3.8, 4) is 11.5 Å². The molecule has 1 unspecified atom stereocenters.